The molecule has 0 fully saturated rings. The van der Waals surface area contributed by atoms with E-state index in [1.165, 1.54) is 11.5 Å². The Morgan fingerprint density at radius 1 is 1.44 bits per heavy atom. The molecule has 4 nitrogen and oxygen atoms in total. The predicted molar refractivity (Wildman–Crippen MR) is 74.1 cm³/mol. The zero-order valence-electron chi connectivity index (χ0n) is 10.6. The molecule has 1 aromatic heterocycles. The fourth-order valence-electron chi connectivity index (χ4n) is 1.45. The molecule has 1 aromatic carbocycles. The zero-order chi connectivity index (χ0) is 12.8. The number of nitrogens with zero attached hydrogens (tertiary/aromatic N) is 2. The van der Waals surface area contributed by atoms with Gasteiger partial charge in [0.15, 0.2) is 0 Å². The summed E-state index contributed by atoms with van der Waals surface area (Å²) in [4.78, 5) is 0. The molecular formula is C13H17N3OS. The Balaban J connectivity index is 1.94. The first kappa shape index (κ1) is 12.8. The van der Waals surface area contributed by atoms with Crippen LogP contribution in [0.3, 0.4) is 0 Å². The van der Waals surface area contributed by atoms with E-state index in [0.717, 1.165) is 23.6 Å². The van der Waals surface area contributed by atoms with E-state index in [1.807, 2.05) is 29.6 Å². The molecule has 0 saturated carbocycles. The summed E-state index contributed by atoms with van der Waals surface area (Å²) in [5.74, 6) is 0.894. The van der Waals surface area contributed by atoms with Gasteiger partial charge < -0.3 is 10.1 Å². The Labute approximate surface area is 111 Å². The minimum Gasteiger partial charge on any atom is -0.491 e. The third kappa shape index (κ3) is 3.70. The van der Waals surface area contributed by atoms with Gasteiger partial charge in [-0.2, -0.15) is 0 Å². The Morgan fingerprint density at radius 2 is 2.33 bits per heavy atom. The molecule has 0 aliphatic carbocycles. The maximum absolute atomic E-state index is 5.78. The number of hydrogen-bond acceptors (Lipinski definition) is 5. The van der Waals surface area contributed by atoms with Gasteiger partial charge in [-0.15, -0.1) is 5.10 Å². The molecule has 2 aromatic rings. The molecule has 0 saturated heterocycles. The lowest BCUT2D eigenvalue weighted by molar-refractivity contribution is 0.217. The van der Waals surface area contributed by atoms with Gasteiger partial charge in [0, 0.05) is 17.1 Å². The van der Waals surface area contributed by atoms with E-state index in [2.05, 4.69) is 28.8 Å². The summed E-state index contributed by atoms with van der Waals surface area (Å²) in [6.45, 7) is 4.87. The van der Waals surface area contributed by atoms with E-state index >= 15 is 0 Å². The smallest absolute Gasteiger partial charge is 0.121 e. The first-order valence-corrected chi connectivity index (χ1v) is 6.88. The molecule has 0 bridgehead atoms. The van der Waals surface area contributed by atoms with Gasteiger partial charge in [0.05, 0.1) is 18.3 Å². The highest BCUT2D eigenvalue weighted by Gasteiger charge is 2.02. The average molecular weight is 263 g/mol. The van der Waals surface area contributed by atoms with Gasteiger partial charge in [0.2, 0.25) is 0 Å². The van der Waals surface area contributed by atoms with E-state index < -0.39 is 0 Å². The molecule has 18 heavy (non-hydrogen) atoms. The fourth-order valence-corrected chi connectivity index (χ4v) is 1.90. The molecule has 96 valence electrons. The second-order valence-electron chi connectivity index (χ2n) is 4.11. The van der Waals surface area contributed by atoms with Gasteiger partial charge in [-0.1, -0.05) is 17.5 Å². The number of anilines is 1. The normalized spacial score (nSPS) is 12.1. The molecule has 1 heterocycles. The summed E-state index contributed by atoms with van der Waals surface area (Å²) >= 11 is 1.36. The maximum Gasteiger partial charge on any atom is 0.121 e. The SMILES string of the molecule is CCC(C)Oc1cccc(NCc2csnn2)c1. The van der Waals surface area contributed by atoms with Crippen molar-refractivity contribution in [2.24, 2.45) is 0 Å². The first-order chi connectivity index (χ1) is 8.78. The van der Waals surface area contributed by atoms with Crippen LogP contribution in [-0.2, 0) is 6.54 Å². The molecule has 0 aliphatic rings. The number of aromatic nitrogens is 2. The summed E-state index contributed by atoms with van der Waals surface area (Å²) < 4.78 is 9.60. The molecule has 1 unspecified atom stereocenters. The summed E-state index contributed by atoms with van der Waals surface area (Å²) in [6, 6.07) is 7.98. The predicted octanol–water partition coefficient (Wildman–Crippen LogP) is 3.33. The number of hydrogen-bond donors (Lipinski definition) is 1. The molecule has 1 atom stereocenters. The van der Waals surface area contributed by atoms with Crippen LogP contribution in [0.2, 0.25) is 0 Å². The van der Waals surface area contributed by atoms with Gasteiger partial charge in [-0.25, -0.2) is 0 Å². The summed E-state index contributed by atoms with van der Waals surface area (Å²) in [5.41, 5.74) is 1.98. The van der Waals surface area contributed by atoms with Crippen LogP contribution in [0.25, 0.3) is 0 Å². The van der Waals surface area contributed by atoms with Crippen LogP contribution in [0.1, 0.15) is 26.0 Å². The topological polar surface area (TPSA) is 47.0 Å². The summed E-state index contributed by atoms with van der Waals surface area (Å²) in [6.07, 6.45) is 1.24. The van der Waals surface area contributed by atoms with Crippen molar-refractivity contribution in [1.29, 1.82) is 0 Å². The van der Waals surface area contributed by atoms with Crippen LogP contribution in [0.5, 0.6) is 5.75 Å². The quantitative estimate of drug-likeness (QED) is 0.868. The monoisotopic (exact) mass is 263 g/mol. The van der Waals surface area contributed by atoms with Gasteiger partial charge in [-0.05, 0) is 37.0 Å². The number of ether oxygens (including phenoxy) is 1. The minimum absolute atomic E-state index is 0.239. The van der Waals surface area contributed by atoms with Crippen molar-refractivity contribution in [3.8, 4) is 5.75 Å². The number of rotatable bonds is 6. The van der Waals surface area contributed by atoms with Gasteiger partial charge in [0.1, 0.15) is 5.75 Å². The Hall–Kier alpha value is -1.62. The minimum atomic E-state index is 0.239. The Morgan fingerprint density at radius 3 is 3.06 bits per heavy atom. The number of nitrogens with one attached hydrogen (secondary N) is 1. The van der Waals surface area contributed by atoms with E-state index in [4.69, 9.17) is 4.74 Å². The Kier molecular flexibility index (Phi) is 4.52. The highest BCUT2D eigenvalue weighted by molar-refractivity contribution is 7.03. The maximum atomic E-state index is 5.78. The molecule has 0 radical (unpaired) electrons. The lowest BCUT2D eigenvalue weighted by atomic mass is 10.2. The highest BCUT2D eigenvalue weighted by Crippen LogP contribution is 2.19. The number of benzene rings is 1. The summed E-state index contributed by atoms with van der Waals surface area (Å²) in [7, 11) is 0. The molecular weight excluding hydrogens is 246 g/mol. The van der Waals surface area contributed by atoms with Crippen molar-refractivity contribution in [3.05, 3.63) is 35.3 Å². The van der Waals surface area contributed by atoms with E-state index in [0.29, 0.717) is 6.54 Å². The van der Waals surface area contributed by atoms with Crippen LogP contribution in [0.4, 0.5) is 5.69 Å². The summed E-state index contributed by atoms with van der Waals surface area (Å²) in [5, 5.41) is 9.23. The van der Waals surface area contributed by atoms with E-state index in [9.17, 15) is 0 Å². The largest absolute Gasteiger partial charge is 0.491 e. The van der Waals surface area contributed by atoms with Crippen LogP contribution in [0, 0.1) is 0 Å². The fraction of sp³-hybridized carbons (Fsp3) is 0.385. The molecule has 0 amide bonds. The second-order valence-corrected chi connectivity index (χ2v) is 4.72. The third-order valence-corrected chi connectivity index (χ3v) is 3.18. The molecule has 5 heteroatoms. The van der Waals surface area contributed by atoms with Gasteiger partial charge in [0.25, 0.3) is 0 Å². The lowest BCUT2D eigenvalue weighted by Crippen LogP contribution is -2.09. The molecule has 0 aliphatic heterocycles. The third-order valence-electron chi connectivity index (χ3n) is 2.63. The van der Waals surface area contributed by atoms with Crippen molar-refractivity contribution in [1.82, 2.24) is 9.59 Å². The van der Waals surface area contributed by atoms with E-state index in [1.54, 1.807) is 0 Å². The van der Waals surface area contributed by atoms with Gasteiger partial charge >= 0.3 is 0 Å². The van der Waals surface area contributed by atoms with Crippen molar-refractivity contribution in [3.63, 3.8) is 0 Å². The van der Waals surface area contributed by atoms with Crippen molar-refractivity contribution >= 4 is 17.2 Å². The zero-order valence-corrected chi connectivity index (χ0v) is 11.4. The van der Waals surface area contributed by atoms with Crippen LogP contribution in [0.15, 0.2) is 29.6 Å². The van der Waals surface area contributed by atoms with Crippen LogP contribution >= 0.6 is 11.5 Å². The molecule has 2 rings (SSSR count). The second kappa shape index (κ2) is 6.35. The lowest BCUT2D eigenvalue weighted by Gasteiger charge is -2.13. The van der Waals surface area contributed by atoms with Crippen molar-refractivity contribution < 1.29 is 4.74 Å². The molecule has 1 N–H and O–H groups in total. The van der Waals surface area contributed by atoms with Gasteiger partial charge in [-0.3, -0.25) is 0 Å². The van der Waals surface area contributed by atoms with Crippen LogP contribution in [-0.4, -0.2) is 15.7 Å². The standard InChI is InChI=1S/C13H17N3OS/c1-3-10(2)17-13-6-4-5-11(7-13)14-8-12-9-18-16-15-12/h4-7,9-10,14H,3,8H2,1-2H3. The highest BCUT2D eigenvalue weighted by atomic mass is 32.1. The first-order valence-electron chi connectivity index (χ1n) is 6.04. The van der Waals surface area contributed by atoms with Crippen molar-refractivity contribution in [2.75, 3.05) is 5.32 Å². The van der Waals surface area contributed by atoms with E-state index in [-0.39, 0.29) is 6.10 Å². The van der Waals surface area contributed by atoms with Crippen molar-refractivity contribution in [2.45, 2.75) is 32.9 Å². The van der Waals surface area contributed by atoms with Crippen LogP contribution < -0.4 is 10.1 Å². The molecule has 0 spiro atoms. The Bertz CT molecular complexity index is 473. The average Bonchev–Trinajstić information content (AvgIpc) is 2.90.